The second kappa shape index (κ2) is 9.43. The Labute approximate surface area is 207 Å². The van der Waals surface area contributed by atoms with Crippen LogP contribution < -0.4 is 4.90 Å². The van der Waals surface area contributed by atoms with E-state index in [1.165, 1.54) is 18.2 Å². The van der Waals surface area contributed by atoms with Gasteiger partial charge in [0.05, 0.1) is 22.4 Å². The topological polar surface area (TPSA) is 80.8 Å². The number of nitrogens with zero attached hydrogens (tertiary/aromatic N) is 1. The van der Waals surface area contributed by atoms with Crippen LogP contribution >= 0.6 is 0 Å². The van der Waals surface area contributed by atoms with Crippen LogP contribution in [0.25, 0.3) is 11.1 Å². The van der Waals surface area contributed by atoms with Gasteiger partial charge in [-0.2, -0.15) is 0 Å². The SMILES string of the molecule is Cc1ccc(N2C(=O)c3ccc(C(=O)OCC(=O)c4ccc(-c5ccccc5)cc4)cc3C2=O)cc1. The molecule has 5 rings (SSSR count). The van der Waals surface area contributed by atoms with Crippen molar-refractivity contribution in [3.8, 4) is 11.1 Å². The maximum Gasteiger partial charge on any atom is 0.338 e. The zero-order valence-corrected chi connectivity index (χ0v) is 19.4. The highest BCUT2D eigenvalue weighted by atomic mass is 16.5. The number of imide groups is 1. The minimum atomic E-state index is -0.749. The van der Waals surface area contributed by atoms with Crippen molar-refractivity contribution >= 4 is 29.3 Å². The standard InChI is InChI=1S/C30H21NO5/c1-19-7-14-24(15-8-19)31-28(33)25-16-13-23(17-26(25)29(31)34)30(35)36-18-27(32)22-11-9-21(10-12-22)20-5-3-2-4-6-20/h2-17H,18H2,1H3. The molecule has 0 saturated carbocycles. The van der Waals surface area contributed by atoms with E-state index < -0.39 is 24.4 Å². The van der Waals surface area contributed by atoms with E-state index in [1.807, 2.05) is 61.5 Å². The molecule has 0 aliphatic carbocycles. The Bertz CT molecular complexity index is 1490. The molecule has 4 aromatic rings. The molecular formula is C30H21NO5. The van der Waals surface area contributed by atoms with Gasteiger partial charge in [-0.25, -0.2) is 9.69 Å². The molecule has 1 aliphatic rings. The number of Topliss-reactive ketones (excluding diaryl/α,β-unsaturated/α-hetero) is 1. The summed E-state index contributed by atoms with van der Waals surface area (Å²) in [5.41, 5.74) is 4.32. The number of ketones is 1. The van der Waals surface area contributed by atoms with Crippen molar-refractivity contribution < 1.29 is 23.9 Å². The average Bonchev–Trinajstić information content (AvgIpc) is 3.17. The summed E-state index contributed by atoms with van der Waals surface area (Å²) in [7, 11) is 0. The molecule has 4 aromatic carbocycles. The lowest BCUT2D eigenvalue weighted by molar-refractivity contribution is 0.0474. The van der Waals surface area contributed by atoms with Crippen molar-refractivity contribution in [1.29, 1.82) is 0 Å². The molecule has 0 N–H and O–H groups in total. The molecule has 0 unspecified atom stereocenters. The van der Waals surface area contributed by atoms with E-state index in [1.54, 1.807) is 24.3 Å². The van der Waals surface area contributed by atoms with Gasteiger partial charge in [0, 0.05) is 5.56 Å². The summed E-state index contributed by atoms with van der Waals surface area (Å²) in [4.78, 5) is 52.0. The molecule has 2 amide bonds. The van der Waals surface area contributed by atoms with Gasteiger partial charge >= 0.3 is 5.97 Å². The maximum absolute atomic E-state index is 12.9. The molecule has 0 bridgehead atoms. The van der Waals surface area contributed by atoms with Crippen LogP contribution in [-0.2, 0) is 4.74 Å². The van der Waals surface area contributed by atoms with E-state index in [-0.39, 0.29) is 22.5 Å². The van der Waals surface area contributed by atoms with Crippen molar-refractivity contribution in [3.05, 3.63) is 125 Å². The molecule has 0 aromatic heterocycles. The minimum absolute atomic E-state index is 0.0906. The molecule has 0 fully saturated rings. The van der Waals surface area contributed by atoms with Gasteiger partial charge in [0.25, 0.3) is 11.8 Å². The van der Waals surface area contributed by atoms with Gasteiger partial charge < -0.3 is 4.74 Å². The van der Waals surface area contributed by atoms with Gasteiger partial charge in [0.2, 0.25) is 0 Å². The molecular weight excluding hydrogens is 454 g/mol. The Morgan fingerprint density at radius 1 is 0.694 bits per heavy atom. The Kier molecular flexibility index (Phi) is 6.00. The number of benzene rings is 4. The van der Waals surface area contributed by atoms with Crippen LogP contribution in [0.3, 0.4) is 0 Å². The number of anilines is 1. The molecule has 6 heteroatoms. The number of amides is 2. The first kappa shape index (κ1) is 22.9. The lowest BCUT2D eigenvalue weighted by atomic mass is 10.0. The number of hydrogen-bond donors (Lipinski definition) is 0. The lowest BCUT2D eigenvalue weighted by Crippen LogP contribution is -2.29. The van der Waals surface area contributed by atoms with Gasteiger partial charge in [-0.1, -0.05) is 72.3 Å². The Morgan fingerprint density at radius 2 is 1.31 bits per heavy atom. The maximum atomic E-state index is 12.9. The number of ether oxygens (including phenoxy) is 1. The van der Waals surface area contributed by atoms with E-state index in [9.17, 15) is 19.2 Å². The Hall–Kier alpha value is -4.84. The first-order chi connectivity index (χ1) is 17.4. The first-order valence-corrected chi connectivity index (χ1v) is 11.4. The van der Waals surface area contributed by atoms with E-state index in [2.05, 4.69) is 0 Å². The first-order valence-electron chi connectivity index (χ1n) is 11.4. The van der Waals surface area contributed by atoms with Crippen LogP contribution in [0.1, 0.15) is 47.0 Å². The molecule has 1 heterocycles. The van der Waals surface area contributed by atoms with E-state index in [0.29, 0.717) is 11.3 Å². The Morgan fingerprint density at radius 3 is 2.00 bits per heavy atom. The fourth-order valence-corrected chi connectivity index (χ4v) is 4.07. The van der Waals surface area contributed by atoms with Crippen molar-refractivity contribution in [3.63, 3.8) is 0 Å². The van der Waals surface area contributed by atoms with Gasteiger partial charge in [-0.05, 0) is 48.4 Å². The number of rotatable bonds is 6. The minimum Gasteiger partial charge on any atom is -0.454 e. The highest BCUT2D eigenvalue weighted by Crippen LogP contribution is 2.29. The number of fused-ring (bicyclic) bond motifs is 1. The smallest absolute Gasteiger partial charge is 0.338 e. The monoisotopic (exact) mass is 475 g/mol. The predicted molar refractivity (Wildman–Crippen MR) is 135 cm³/mol. The van der Waals surface area contributed by atoms with Crippen molar-refractivity contribution in [2.24, 2.45) is 0 Å². The van der Waals surface area contributed by atoms with E-state index >= 15 is 0 Å². The molecule has 0 atom stereocenters. The molecule has 0 spiro atoms. The highest BCUT2D eigenvalue weighted by Gasteiger charge is 2.37. The molecule has 36 heavy (non-hydrogen) atoms. The number of carbonyl (C=O) groups is 4. The number of hydrogen-bond acceptors (Lipinski definition) is 5. The zero-order chi connectivity index (χ0) is 25.2. The second-order valence-electron chi connectivity index (χ2n) is 8.48. The van der Waals surface area contributed by atoms with Crippen LogP contribution in [0.2, 0.25) is 0 Å². The predicted octanol–water partition coefficient (Wildman–Crippen LogP) is 5.50. The van der Waals surface area contributed by atoms with Crippen LogP contribution in [0.4, 0.5) is 5.69 Å². The average molecular weight is 476 g/mol. The Balaban J connectivity index is 1.26. The van der Waals surface area contributed by atoms with Gasteiger partial charge in [-0.15, -0.1) is 0 Å². The zero-order valence-electron chi connectivity index (χ0n) is 19.4. The molecule has 0 saturated heterocycles. The quantitative estimate of drug-likeness (QED) is 0.209. The third kappa shape index (κ3) is 4.32. The highest BCUT2D eigenvalue weighted by molar-refractivity contribution is 6.34. The molecule has 176 valence electrons. The fraction of sp³-hybridized carbons (Fsp3) is 0.0667. The summed E-state index contributed by atoms with van der Waals surface area (Å²) in [6.07, 6.45) is 0. The van der Waals surface area contributed by atoms with Gasteiger partial charge in [0.15, 0.2) is 12.4 Å². The van der Waals surface area contributed by atoms with Crippen LogP contribution in [0, 0.1) is 6.92 Å². The summed E-state index contributed by atoms with van der Waals surface area (Å²) >= 11 is 0. The van der Waals surface area contributed by atoms with Crippen molar-refractivity contribution in [2.45, 2.75) is 6.92 Å². The van der Waals surface area contributed by atoms with Gasteiger partial charge in [0.1, 0.15) is 0 Å². The van der Waals surface area contributed by atoms with E-state index in [0.717, 1.165) is 21.6 Å². The normalized spacial score (nSPS) is 12.4. The third-order valence-corrected chi connectivity index (χ3v) is 6.06. The summed E-state index contributed by atoms with van der Waals surface area (Å²) in [6, 6.07) is 28.1. The van der Waals surface area contributed by atoms with Crippen LogP contribution in [-0.4, -0.2) is 30.2 Å². The fourth-order valence-electron chi connectivity index (χ4n) is 4.07. The number of aryl methyl sites for hydroxylation is 1. The van der Waals surface area contributed by atoms with Crippen LogP contribution in [0.5, 0.6) is 0 Å². The molecule has 6 nitrogen and oxygen atoms in total. The lowest BCUT2D eigenvalue weighted by Gasteiger charge is -2.13. The summed E-state index contributed by atoms with van der Waals surface area (Å²) < 4.78 is 5.21. The van der Waals surface area contributed by atoms with Gasteiger partial charge in [-0.3, -0.25) is 14.4 Å². The molecule has 1 aliphatic heterocycles. The summed E-state index contributed by atoms with van der Waals surface area (Å²) in [6.45, 7) is 1.47. The van der Waals surface area contributed by atoms with E-state index in [4.69, 9.17) is 4.74 Å². The number of carbonyl (C=O) groups excluding carboxylic acids is 4. The van der Waals surface area contributed by atoms with Crippen molar-refractivity contribution in [2.75, 3.05) is 11.5 Å². The second-order valence-corrected chi connectivity index (χ2v) is 8.48. The van der Waals surface area contributed by atoms with Crippen LogP contribution in [0.15, 0.2) is 97.1 Å². The van der Waals surface area contributed by atoms with Crippen molar-refractivity contribution in [1.82, 2.24) is 0 Å². The number of esters is 1. The summed E-state index contributed by atoms with van der Waals surface area (Å²) in [5, 5.41) is 0. The third-order valence-electron chi connectivity index (χ3n) is 6.06. The largest absolute Gasteiger partial charge is 0.454 e. The summed E-state index contributed by atoms with van der Waals surface area (Å²) in [5.74, 6) is -2.06. The molecule has 0 radical (unpaired) electrons.